The topological polar surface area (TPSA) is 77.1 Å². The van der Waals surface area contributed by atoms with Crippen molar-refractivity contribution in [1.82, 2.24) is 0 Å². The van der Waals surface area contributed by atoms with Crippen LogP contribution >= 0.6 is 0 Å². The molecule has 0 radical (unpaired) electrons. The molecule has 1 unspecified atom stereocenters. The van der Waals surface area contributed by atoms with E-state index in [0.717, 1.165) is 42.5 Å². The van der Waals surface area contributed by atoms with Crippen LogP contribution in [0, 0.1) is 5.92 Å². The summed E-state index contributed by atoms with van der Waals surface area (Å²) in [5, 5.41) is 3.17. The van der Waals surface area contributed by atoms with Crippen molar-refractivity contribution in [3.05, 3.63) is 41.5 Å². The number of benzene rings is 2. The van der Waals surface area contributed by atoms with Crippen LogP contribution in [0.15, 0.2) is 30.3 Å². The number of nitrogens with one attached hydrogen (secondary N) is 1. The molecule has 6 rings (SSSR count). The van der Waals surface area contributed by atoms with Gasteiger partial charge in [-0.05, 0) is 31.0 Å². The van der Waals surface area contributed by atoms with E-state index in [2.05, 4.69) is 5.32 Å². The molecule has 3 aliphatic heterocycles. The predicted molar refractivity (Wildman–Crippen MR) is 119 cm³/mol. The summed E-state index contributed by atoms with van der Waals surface area (Å²) in [4.78, 5) is 28.5. The first-order valence-electron chi connectivity index (χ1n) is 11.4. The van der Waals surface area contributed by atoms with Gasteiger partial charge in [0.1, 0.15) is 31.0 Å². The number of amides is 2. The van der Waals surface area contributed by atoms with Gasteiger partial charge in [-0.3, -0.25) is 9.59 Å². The molecular formula is C25H26N2O5. The number of fused-ring (bicyclic) bond motifs is 5. The number of carbonyl (C=O) groups is 2. The van der Waals surface area contributed by atoms with Crippen molar-refractivity contribution < 1.29 is 23.8 Å². The number of ether oxygens (including phenoxy) is 3. The van der Waals surface area contributed by atoms with Gasteiger partial charge in [0, 0.05) is 35.8 Å². The number of nitrogens with zero attached hydrogens (tertiary/aromatic N) is 1. The highest BCUT2D eigenvalue weighted by atomic mass is 16.6. The highest BCUT2D eigenvalue weighted by Crippen LogP contribution is 2.56. The molecule has 4 aliphatic rings. The number of anilines is 2. The molecular weight excluding hydrogens is 408 g/mol. The van der Waals surface area contributed by atoms with Crippen LogP contribution in [0.1, 0.15) is 43.2 Å². The number of likely N-dealkylation sites (N-methyl/N-ethyl adjacent to an activating group) is 1. The second kappa shape index (κ2) is 7.15. The lowest BCUT2D eigenvalue weighted by molar-refractivity contribution is -0.122. The second-order valence-corrected chi connectivity index (χ2v) is 9.07. The Morgan fingerprint density at radius 1 is 1.03 bits per heavy atom. The molecule has 1 fully saturated rings. The maximum absolute atomic E-state index is 13.7. The van der Waals surface area contributed by atoms with Gasteiger partial charge in [0.25, 0.3) is 0 Å². The fourth-order valence-electron chi connectivity index (χ4n) is 5.65. The lowest BCUT2D eigenvalue weighted by Crippen LogP contribution is -2.41. The Bertz CT molecular complexity index is 1120. The van der Waals surface area contributed by atoms with E-state index in [4.69, 9.17) is 14.2 Å². The minimum absolute atomic E-state index is 0.0232. The van der Waals surface area contributed by atoms with Gasteiger partial charge in [-0.25, -0.2) is 0 Å². The lowest BCUT2D eigenvalue weighted by atomic mass is 9.76. The first-order chi connectivity index (χ1) is 15.6. The summed E-state index contributed by atoms with van der Waals surface area (Å²) in [6, 6.07) is 9.39. The highest BCUT2D eigenvalue weighted by Gasteiger charge is 2.58. The van der Waals surface area contributed by atoms with Gasteiger partial charge < -0.3 is 24.4 Å². The first kappa shape index (κ1) is 19.5. The average molecular weight is 434 g/mol. The Morgan fingerprint density at radius 2 is 1.78 bits per heavy atom. The summed E-state index contributed by atoms with van der Waals surface area (Å²) in [6.07, 6.45) is 5.20. The zero-order chi connectivity index (χ0) is 21.9. The van der Waals surface area contributed by atoms with E-state index in [0.29, 0.717) is 36.1 Å². The third-order valence-electron chi connectivity index (χ3n) is 7.28. The Balaban J connectivity index is 1.46. The molecule has 7 nitrogen and oxygen atoms in total. The molecule has 1 saturated carbocycles. The fraction of sp³-hybridized carbons (Fsp3) is 0.440. The van der Waals surface area contributed by atoms with Crippen LogP contribution in [-0.2, 0) is 15.0 Å². The zero-order valence-electron chi connectivity index (χ0n) is 18.1. The Morgan fingerprint density at radius 3 is 2.56 bits per heavy atom. The van der Waals surface area contributed by atoms with Crippen molar-refractivity contribution in [2.75, 3.05) is 37.1 Å². The maximum Gasteiger partial charge on any atom is 0.245 e. The van der Waals surface area contributed by atoms with Crippen molar-refractivity contribution in [2.24, 2.45) is 5.92 Å². The van der Waals surface area contributed by atoms with E-state index < -0.39 is 5.41 Å². The quantitative estimate of drug-likeness (QED) is 0.781. The van der Waals surface area contributed by atoms with E-state index >= 15 is 0 Å². The third kappa shape index (κ3) is 2.66. The molecule has 0 bridgehead atoms. The lowest BCUT2D eigenvalue weighted by Gasteiger charge is -2.26. The van der Waals surface area contributed by atoms with Gasteiger partial charge in [0.2, 0.25) is 11.8 Å². The standard InChI is InChI=1S/C25H26N2O5/c1-27-18-9-5-8-17(26-23(28)15-6-3-2-4-7-15)22(18)25(24(27)29)14-32-19-13-21-20(12-16(19)25)30-10-11-31-21/h5,8-9,12-13,15H,2-4,6-7,10-11,14H2,1H3,(H,26,28). The van der Waals surface area contributed by atoms with E-state index in [1.54, 1.807) is 11.9 Å². The summed E-state index contributed by atoms with van der Waals surface area (Å²) in [7, 11) is 1.78. The van der Waals surface area contributed by atoms with Crippen LogP contribution < -0.4 is 24.4 Å². The summed E-state index contributed by atoms with van der Waals surface area (Å²) in [5.74, 6) is 1.86. The average Bonchev–Trinajstić information content (AvgIpc) is 3.30. The summed E-state index contributed by atoms with van der Waals surface area (Å²) < 4.78 is 17.6. The predicted octanol–water partition coefficient (Wildman–Crippen LogP) is 3.63. The normalized spacial score (nSPS) is 23.7. The minimum atomic E-state index is -1.02. The molecule has 2 amide bonds. The molecule has 0 saturated heterocycles. The maximum atomic E-state index is 13.7. The van der Waals surface area contributed by atoms with Gasteiger partial charge in [0.05, 0.1) is 5.69 Å². The first-order valence-corrected chi connectivity index (χ1v) is 11.4. The van der Waals surface area contributed by atoms with Crippen LogP contribution in [0.2, 0.25) is 0 Å². The van der Waals surface area contributed by atoms with Crippen molar-refractivity contribution in [3.63, 3.8) is 0 Å². The van der Waals surface area contributed by atoms with E-state index in [1.165, 1.54) is 6.42 Å². The molecule has 3 heterocycles. The molecule has 1 aliphatic carbocycles. The van der Waals surface area contributed by atoms with Crippen LogP contribution in [0.5, 0.6) is 17.2 Å². The van der Waals surface area contributed by atoms with Gasteiger partial charge in [0.15, 0.2) is 11.5 Å². The molecule has 2 aromatic rings. The fourth-order valence-corrected chi connectivity index (χ4v) is 5.65. The number of hydrogen-bond acceptors (Lipinski definition) is 5. The van der Waals surface area contributed by atoms with E-state index in [-0.39, 0.29) is 24.3 Å². The van der Waals surface area contributed by atoms with E-state index in [1.807, 2.05) is 30.3 Å². The van der Waals surface area contributed by atoms with Gasteiger partial charge in [-0.1, -0.05) is 25.3 Å². The molecule has 1 spiro atoms. The van der Waals surface area contributed by atoms with E-state index in [9.17, 15) is 9.59 Å². The largest absolute Gasteiger partial charge is 0.491 e. The summed E-state index contributed by atoms with van der Waals surface area (Å²) in [6.45, 7) is 1.13. The smallest absolute Gasteiger partial charge is 0.245 e. The van der Waals surface area contributed by atoms with Gasteiger partial charge in [-0.15, -0.1) is 0 Å². The second-order valence-electron chi connectivity index (χ2n) is 9.07. The number of hydrogen-bond donors (Lipinski definition) is 1. The molecule has 1 N–H and O–H groups in total. The SMILES string of the molecule is CN1C(=O)C2(COc3cc4c(cc32)OCCO4)c2c(NC(=O)C3CCCCC3)cccc21. The summed E-state index contributed by atoms with van der Waals surface area (Å²) >= 11 is 0. The number of carbonyl (C=O) groups excluding carboxylic acids is 2. The Kier molecular flexibility index (Phi) is 4.35. The molecule has 166 valence electrons. The van der Waals surface area contributed by atoms with Crippen LogP contribution in [-0.4, -0.2) is 38.7 Å². The minimum Gasteiger partial charge on any atom is -0.491 e. The summed E-state index contributed by atoms with van der Waals surface area (Å²) in [5.41, 5.74) is 2.01. The molecule has 7 heteroatoms. The van der Waals surface area contributed by atoms with Crippen molar-refractivity contribution >= 4 is 23.2 Å². The Labute approximate surface area is 186 Å². The zero-order valence-corrected chi connectivity index (χ0v) is 18.1. The van der Waals surface area contributed by atoms with Crippen LogP contribution in [0.4, 0.5) is 11.4 Å². The van der Waals surface area contributed by atoms with Crippen molar-refractivity contribution in [2.45, 2.75) is 37.5 Å². The molecule has 1 atom stereocenters. The van der Waals surface area contributed by atoms with Crippen LogP contribution in [0.3, 0.4) is 0 Å². The van der Waals surface area contributed by atoms with Crippen molar-refractivity contribution in [1.29, 1.82) is 0 Å². The third-order valence-corrected chi connectivity index (χ3v) is 7.28. The molecule has 2 aromatic carbocycles. The van der Waals surface area contributed by atoms with Gasteiger partial charge in [-0.2, -0.15) is 0 Å². The van der Waals surface area contributed by atoms with Gasteiger partial charge >= 0.3 is 0 Å². The Hall–Kier alpha value is -3.22. The monoisotopic (exact) mass is 434 g/mol. The number of rotatable bonds is 2. The molecule has 32 heavy (non-hydrogen) atoms. The highest BCUT2D eigenvalue weighted by molar-refractivity contribution is 6.14. The van der Waals surface area contributed by atoms with Crippen LogP contribution in [0.25, 0.3) is 0 Å². The molecule has 0 aromatic heterocycles. The van der Waals surface area contributed by atoms with Crippen molar-refractivity contribution in [3.8, 4) is 17.2 Å².